The van der Waals surface area contributed by atoms with Crippen LogP contribution in [0.15, 0.2) is 35.1 Å². The second-order valence-corrected chi connectivity index (χ2v) is 7.41. The summed E-state index contributed by atoms with van der Waals surface area (Å²) in [5.41, 5.74) is 2.29. The molecule has 2 aliphatic rings. The number of nitrogens with one attached hydrogen (secondary N) is 2. The van der Waals surface area contributed by atoms with Crippen molar-refractivity contribution in [3.05, 3.63) is 46.2 Å². The van der Waals surface area contributed by atoms with E-state index in [1.54, 1.807) is 17.3 Å². The molecule has 1 aliphatic heterocycles. The van der Waals surface area contributed by atoms with Crippen molar-refractivity contribution in [1.29, 1.82) is 0 Å². The Hall–Kier alpha value is -2.81. The summed E-state index contributed by atoms with van der Waals surface area (Å²) in [6.45, 7) is -0.0140. The smallest absolute Gasteiger partial charge is 0.254 e. The van der Waals surface area contributed by atoms with Crippen LogP contribution in [0.3, 0.4) is 0 Å². The van der Waals surface area contributed by atoms with Crippen molar-refractivity contribution in [2.75, 3.05) is 11.9 Å². The lowest BCUT2D eigenvalue weighted by Gasteiger charge is -2.27. The molecule has 0 unspecified atom stereocenters. The first-order chi connectivity index (χ1) is 12.6. The normalized spacial score (nSPS) is 20.7. The average Bonchev–Trinajstić information content (AvgIpc) is 3.28. The Labute approximate surface area is 156 Å². The number of amides is 2. The van der Waals surface area contributed by atoms with Gasteiger partial charge in [0.2, 0.25) is 11.9 Å². The van der Waals surface area contributed by atoms with Crippen molar-refractivity contribution in [3.8, 4) is 0 Å². The minimum absolute atomic E-state index is 0.0140. The molecule has 1 fully saturated rings. The molecule has 1 aromatic carbocycles. The summed E-state index contributed by atoms with van der Waals surface area (Å²) in [4.78, 5) is 35.1. The molecular weight excluding hydrogens is 400 g/mol. The van der Waals surface area contributed by atoms with E-state index in [-0.39, 0.29) is 30.3 Å². The third-order valence-corrected chi connectivity index (χ3v) is 5.31. The number of H-pyrrole nitrogens is 1. The number of anilines is 1. The minimum atomic E-state index is -0.316. The van der Waals surface area contributed by atoms with Crippen LogP contribution in [0.2, 0.25) is 0 Å². The Morgan fingerprint density at radius 1 is 1.38 bits per heavy atom. The van der Waals surface area contributed by atoms with Gasteiger partial charge >= 0.3 is 0 Å². The molecule has 0 saturated heterocycles. The van der Waals surface area contributed by atoms with E-state index in [4.69, 9.17) is 0 Å². The molecule has 1 aliphatic carbocycles. The number of rotatable bonds is 3. The monoisotopic (exact) mass is 412 g/mol. The van der Waals surface area contributed by atoms with Gasteiger partial charge in [0.1, 0.15) is 6.54 Å². The van der Waals surface area contributed by atoms with Crippen LogP contribution < -0.4 is 5.32 Å². The maximum Gasteiger partial charge on any atom is 0.254 e. The number of fused-ring (bicyclic) bond motifs is 4. The number of halogens is 1. The third-order valence-electron chi connectivity index (χ3n) is 4.82. The third kappa shape index (κ3) is 2.47. The molecule has 2 atom stereocenters. The maximum atomic E-state index is 12.8. The Bertz CT molecular complexity index is 1060. The Morgan fingerprint density at radius 3 is 3.15 bits per heavy atom. The fourth-order valence-corrected chi connectivity index (χ4v) is 3.89. The van der Waals surface area contributed by atoms with Crippen LogP contribution in [0.25, 0.3) is 11.0 Å². The summed E-state index contributed by atoms with van der Waals surface area (Å²) < 4.78 is 0.965. The highest BCUT2D eigenvalue weighted by atomic mass is 79.9. The zero-order chi connectivity index (χ0) is 17.8. The average molecular weight is 413 g/mol. The van der Waals surface area contributed by atoms with Gasteiger partial charge in [0.15, 0.2) is 5.65 Å². The van der Waals surface area contributed by atoms with Crippen LogP contribution in [0, 0.1) is 0 Å². The van der Waals surface area contributed by atoms with Gasteiger partial charge in [-0.25, -0.2) is 4.98 Å². The molecule has 2 aromatic heterocycles. The minimum Gasteiger partial charge on any atom is -0.326 e. The molecule has 9 heteroatoms. The molecule has 3 aromatic rings. The molecule has 26 heavy (non-hydrogen) atoms. The summed E-state index contributed by atoms with van der Waals surface area (Å²) >= 11 is 3.45. The summed E-state index contributed by atoms with van der Waals surface area (Å²) in [6.07, 6.45) is 4.08. The van der Waals surface area contributed by atoms with E-state index in [1.807, 2.05) is 18.2 Å². The molecule has 2 N–H and O–H groups in total. The number of carbonyl (C=O) groups is 2. The van der Waals surface area contributed by atoms with Gasteiger partial charge in [0.25, 0.3) is 5.91 Å². The van der Waals surface area contributed by atoms with E-state index in [0.717, 1.165) is 21.8 Å². The number of carbonyl (C=O) groups excluding carboxylic acids is 2. The van der Waals surface area contributed by atoms with E-state index in [0.29, 0.717) is 17.1 Å². The standard InChI is InChI=1S/C17H13BrN6O2/c18-9-1-2-10-11(3-9)12-4-13(12)24(16(10)26)7-14(25)21-17-19-5-8-6-20-23-15(8)22-17/h1-3,5-6,12-13H,4,7H2,(H2,19,20,21,22,23,25)/t12-,13-/m1/s1. The van der Waals surface area contributed by atoms with Crippen LogP contribution in [0.1, 0.15) is 28.3 Å². The van der Waals surface area contributed by atoms with Crippen molar-refractivity contribution < 1.29 is 9.59 Å². The largest absolute Gasteiger partial charge is 0.326 e. The first-order valence-corrected chi connectivity index (χ1v) is 8.96. The predicted molar refractivity (Wildman–Crippen MR) is 96.6 cm³/mol. The molecule has 3 heterocycles. The van der Waals surface area contributed by atoms with Gasteiger partial charge in [-0.2, -0.15) is 10.1 Å². The van der Waals surface area contributed by atoms with Crippen molar-refractivity contribution >= 4 is 44.7 Å². The van der Waals surface area contributed by atoms with E-state index < -0.39 is 0 Å². The van der Waals surface area contributed by atoms with E-state index >= 15 is 0 Å². The summed E-state index contributed by atoms with van der Waals surface area (Å²) in [7, 11) is 0. The molecule has 5 rings (SSSR count). The first kappa shape index (κ1) is 15.4. The molecule has 0 radical (unpaired) electrons. The fraction of sp³-hybridized carbons (Fsp3) is 0.235. The highest BCUT2D eigenvalue weighted by Crippen LogP contribution is 2.50. The Balaban J connectivity index is 1.34. The molecule has 0 bridgehead atoms. The van der Waals surface area contributed by atoms with Crippen LogP contribution in [-0.4, -0.2) is 49.5 Å². The maximum absolute atomic E-state index is 12.8. The number of aromatic nitrogens is 4. The van der Waals surface area contributed by atoms with Crippen molar-refractivity contribution in [2.24, 2.45) is 0 Å². The van der Waals surface area contributed by atoms with Crippen LogP contribution in [-0.2, 0) is 4.79 Å². The van der Waals surface area contributed by atoms with E-state index in [1.165, 1.54) is 0 Å². The van der Waals surface area contributed by atoms with Crippen molar-refractivity contribution in [1.82, 2.24) is 25.1 Å². The SMILES string of the molecule is O=C(CN1C(=O)c2ccc(Br)cc2[C@H]2C[C@H]21)Nc1ncc2cn[nH]c2n1. The van der Waals surface area contributed by atoms with Crippen molar-refractivity contribution in [3.63, 3.8) is 0 Å². The summed E-state index contributed by atoms with van der Waals surface area (Å²) in [6, 6.07) is 5.76. The van der Waals surface area contributed by atoms with Crippen LogP contribution in [0.5, 0.6) is 0 Å². The number of hydrogen-bond acceptors (Lipinski definition) is 5. The Kier molecular flexibility index (Phi) is 3.33. The lowest BCUT2D eigenvalue weighted by atomic mass is 9.98. The van der Waals surface area contributed by atoms with Gasteiger partial charge in [-0.3, -0.25) is 20.0 Å². The molecule has 130 valence electrons. The highest BCUT2D eigenvalue weighted by Gasteiger charge is 2.50. The van der Waals surface area contributed by atoms with Crippen LogP contribution >= 0.6 is 15.9 Å². The first-order valence-electron chi connectivity index (χ1n) is 8.16. The number of benzene rings is 1. The van der Waals surface area contributed by atoms with Gasteiger partial charge < -0.3 is 4.90 Å². The second-order valence-electron chi connectivity index (χ2n) is 6.49. The topological polar surface area (TPSA) is 104 Å². The number of hydrogen-bond donors (Lipinski definition) is 2. The van der Waals surface area contributed by atoms with E-state index in [9.17, 15) is 9.59 Å². The molecule has 0 spiro atoms. The Morgan fingerprint density at radius 2 is 2.27 bits per heavy atom. The molecular formula is C17H13BrN6O2. The lowest BCUT2D eigenvalue weighted by molar-refractivity contribution is -0.117. The van der Waals surface area contributed by atoms with Gasteiger partial charge in [-0.05, 0) is 30.2 Å². The summed E-state index contributed by atoms with van der Waals surface area (Å²) in [5.74, 6) is 0.0771. The predicted octanol–water partition coefficient (Wildman–Crippen LogP) is 2.07. The number of aromatic amines is 1. The quantitative estimate of drug-likeness (QED) is 0.684. The molecule has 1 saturated carbocycles. The van der Waals surface area contributed by atoms with E-state index in [2.05, 4.69) is 41.4 Å². The van der Waals surface area contributed by atoms with Gasteiger partial charge in [-0.1, -0.05) is 15.9 Å². The van der Waals surface area contributed by atoms with Crippen LogP contribution in [0.4, 0.5) is 5.95 Å². The fourth-order valence-electron chi connectivity index (χ4n) is 3.51. The molecule has 8 nitrogen and oxygen atoms in total. The van der Waals surface area contributed by atoms with Gasteiger partial charge in [0, 0.05) is 28.2 Å². The van der Waals surface area contributed by atoms with Gasteiger partial charge in [0.05, 0.1) is 11.6 Å². The van der Waals surface area contributed by atoms with Gasteiger partial charge in [-0.15, -0.1) is 0 Å². The highest BCUT2D eigenvalue weighted by molar-refractivity contribution is 9.10. The number of nitrogens with zero attached hydrogens (tertiary/aromatic N) is 4. The molecule has 2 amide bonds. The zero-order valence-electron chi connectivity index (χ0n) is 13.4. The van der Waals surface area contributed by atoms with Crippen molar-refractivity contribution in [2.45, 2.75) is 18.4 Å². The lowest BCUT2D eigenvalue weighted by Crippen LogP contribution is -2.42. The zero-order valence-corrected chi connectivity index (χ0v) is 15.0. The second kappa shape index (κ2) is 5.60. The summed E-state index contributed by atoms with van der Waals surface area (Å²) in [5, 5.41) is 10.0.